The van der Waals surface area contributed by atoms with E-state index in [2.05, 4.69) is 25.7 Å². The van der Waals surface area contributed by atoms with E-state index in [1.54, 1.807) is 24.2 Å². The van der Waals surface area contributed by atoms with Crippen LogP contribution in [0.2, 0.25) is 5.02 Å². The SMILES string of the molecule is CC(=NNC(=O)CSc1nnc(SCc2ccccc2Cl)s1)c1ccncc1. The van der Waals surface area contributed by atoms with Gasteiger partial charge in [-0.05, 0) is 30.7 Å². The van der Waals surface area contributed by atoms with Crippen LogP contribution in [0.15, 0.2) is 62.6 Å². The molecule has 0 saturated carbocycles. The molecule has 1 N–H and O–H groups in total. The molecule has 0 atom stereocenters. The van der Waals surface area contributed by atoms with Gasteiger partial charge in [-0.3, -0.25) is 9.78 Å². The second-order valence-electron chi connectivity index (χ2n) is 5.47. The third-order valence-electron chi connectivity index (χ3n) is 3.47. The van der Waals surface area contributed by atoms with Gasteiger partial charge in [0.05, 0.1) is 11.5 Å². The number of hydrogen-bond acceptors (Lipinski definition) is 8. The Bertz CT molecular complexity index is 965. The maximum atomic E-state index is 12.0. The van der Waals surface area contributed by atoms with Crippen LogP contribution in [0.5, 0.6) is 0 Å². The fraction of sp³-hybridized carbons (Fsp3) is 0.167. The fourth-order valence-electron chi connectivity index (χ4n) is 2.03. The standard InChI is InChI=1S/C18H16ClN5OS3/c1-12(13-6-8-20-9-7-13)21-22-16(25)11-27-18-24-23-17(28-18)26-10-14-4-2-3-5-15(14)19/h2-9H,10-11H2,1H3,(H,22,25). The van der Waals surface area contributed by atoms with Gasteiger partial charge in [0, 0.05) is 28.7 Å². The second-order valence-corrected chi connectivity index (χ2v) is 9.30. The molecule has 2 aromatic heterocycles. The number of pyridine rings is 1. The van der Waals surface area contributed by atoms with E-state index in [1.807, 2.05) is 43.3 Å². The van der Waals surface area contributed by atoms with Crippen molar-refractivity contribution in [3.05, 3.63) is 64.9 Å². The van der Waals surface area contributed by atoms with Crippen molar-refractivity contribution in [3.8, 4) is 0 Å². The Morgan fingerprint density at radius 3 is 2.61 bits per heavy atom. The van der Waals surface area contributed by atoms with Crippen molar-refractivity contribution in [1.82, 2.24) is 20.6 Å². The third kappa shape index (κ3) is 6.30. The van der Waals surface area contributed by atoms with Crippen LogP contribution < -0.4 is 5.43 Å². The summed E-state index contributed by atoms with van der Waals surface area (Å²) >= 11 is 10.5. The normalized spacial score (nSPS) is 11.4. The topological polar surface area (TPSA) is 80.1 Å². The molecular weight excluding hydrogens is 434 g/mol. The number of carbonyl (C=O) groups excluding carboxylic acids is 1. The van der Waals surface area contributed by atoms with E-state index in [9.17, 15) is 4.79 Å². The van der Waals surface area contributed by atoms with Crippen molar-refractivity contribution in [2.75, 3.05) is 5.75 Å². The van der Waals surface area contributed by atoms with Crippen LogP contribution in [0.25, 0.3) is 0 Å². The monoisotopic (exact) mass is 449 g/mol. The van der Waals surface area contributed by atoms with Gasteiger partial charge in [0.15, 0.2) is 8.68 Å². The quantitative estimate of drug-likeness (QED) is 0.309. The van der Waals surface area contributed by atoms with Gasteiger partial charge in [-0.25, -0.2) is 5.43 Å². The van der Waals surface area contributed by atoms with E-state index in [1.165, 1.54) is 23.1 Å². The lowest BCUT2D eigenvalue weighted by Crippen LogP contribution is -2.21. The maximum absolute atomic E-state index is 12.0. The summed E-state index contributed by atoms with van der Waals surface area (Å²) in [4.78, 5) is 15.9. The van der Waals surface area contributed by atoms with E-state index < -0.39 is 0 Å². The molecular formula is C18H16ClN5OS3. The van der Waals surface area contributed by atoms with Crippen molar-refractivity contribution in [2.45, 2.75) is 21.4 Å². The number of halogens is 1. The molecule has 0 aliphatic carbocycles. The van der Waals surface area contributed by atoms with Crippen molar-refractivity contribution in [3.63, 3.8) is 0 Å². The number of nitrogens with zero attached hydrogens (tertiary/aromatic N) is 4. The summed E-state index contributed by atoms with van der Waals surface area (Å²) < 4.78 is 1.58. The lowest BCUT2D eigenvalue weighted by Gasteiger charge is -2.01. The lowest BCUT2D eigenvalue weighted by atomic mass is 10.2. The number of carbonyl (C=O) groups is 1. The van der Waals surface area contributed by atoms with E-state index in [4.69, 9.17) is 11.6 Å². The molecule has 28 heavy (non-hydrogen) atoms. The Morgan fingerprint density at radius 2 is 1.86 bits per heavy atom. The van der Waals surface area contributed by atoms with Crippen LogP contribution >= 0.6 is 46.5 Å². The molecule has 3 aromatic rings. The van der Waals surface area contributed by atoms with Crippen LogP contribution in [0.1, 0.15) is 18.1 Å². The van der Waals surface area contributed by atoms with Gasteiger partial charge in [0.2, 0.25) is 0 Å². The minimum absolute atomic E-state index is 0.195. The maximum Gasteiger partial charge on any atom is 0.250 e. The predicted molar refractivity (Wildman–Crippen MR) is 116 cm³/mol. The van der Waals surface area contributed by atoms with Gasteiger partial charge < -0.3 is 0 Å². The number of aromatic nitrogens is 3. The molecule has 0 aliphatic rings. The smallest absolute Gasteiger partial charge is 0.250 e. The first-order valence-corrected chi connectivity index (χ1v) is 11.3. The van der Waals surface area contributed by atoms with Crippen molar-refractivity contribution >= 4 is 58.1 Å². The van der Waals surface area contributed by atoms with E-state index in [-0.39, 0.29) is 11.7 Å². The van der Waals surface area contributed by atoms with Gasteiger partial charge in [-0.15, -0.1) is 10.2 Å². The summed E-state index contributed by atoms with van der Waals surface area (Å²) in [6.07, 6.45) is 3.37. The zero-order valence-corrected chi connectivity index (χ0v) is 18.0. The highest BCUT2D eigenvalue weighted by Gasteiger charge is 2.09. The van der Waals surface area contributed by atoms with Crippen LogP contribution in [-0.4, -0.2) is 32.6 Å². The third-order valence-corrected chi connectivity index (χ3v) is 7.08. The molecule has 1 aromatic carbocycles. The lowest BCUT2D eigenvalue weighted by molar-refractivity contribution is -0.118. The molecule has 0 saturated heterocycles. The molecule has 0 bridgehead atoms. The Labute approximate surface area is 180 Å². The number of rotatable bonds is 8. The highest BCUT2D eigenvalue weighted by molar-refractivity contribution is 8.03. The summed E-state index contributed by atoms with van der Waals surface area (Å²) in [5, 5.41) is 13.1. The summed E-state index contributed by atoms with van der Waals surface area (Å²) in [6, 6.07) is 11.4. The highest BCUT2D eigenvalue weighted by Crippen LogP contribution is 2.32. The zero-order chi connectivity index (χ0) is 19.8. The summed E-state index contributed by atoms with van der Waals surface area (Å²) in [7, 11) is 0. The average Bonchev–Trinajstić information content (AvgIpc) is 3.18. The number of hydrazone groups is 1. The first kappa shape index (κ1) is 20.8. The molecule has 0 unspecified atom stereocenters. The van der Waals surface area contributed by atoms with Crippen molar-refractivity contribution in [2.24, 2.45) is 5.10 Å². The number of amides is 1. The number of nitrogens with one attached hydrogen (secondary N) is 1. The minimum atomic E-state index is -0.195. The Hall–Kier alpha value is -1.94. The fourth-order valence-corrected chi connectivity index (χ4v) is 5.13. The molecule has 0 aliphatic heterocycles. The molecule has 2 heterocycles. The van der Waals surface area contributed by atoms with Crippen molar-refractivity contribution in [1.29, 1.82) is 0 Å². The molecule has 10 heteroatoms. The first-order valence-electron chi connectivity index (χ1n) is 8.18. The van der Waals surface area contributed by atoms with Crippen LogP contribution in [0.4, 0.5) is 0 Å². The largest absolute Gasteiger partial charge is 0.272 e. The first-order chi connectivity index (χ1) is 13.6. The van der Waals surface area contributed by atoms with Crippen LogP contribution in [0.3, 0.4) is 0 Å². The Balaban J connectivity index is 1.45. The van der Waals surface area contributed by atoms with Crippen LogP contribution in [-0.2, 0) is 10.5 Å². The molecule has 6 nitrogen and oxygen atoms in total. The Kier molecular flexibility index (Phi) is 7.84. The molecule has 1 amide bonds. The average molecular weight is 450 g/mol. The molecule has 0 fully saturated rings. The number of thioether (sulfide) groups is 2. The summed E-state index contributed by atoms with van der Waals surface area (Å²) in [5.41, 5.74) is 5.24. The summed E-state index contributed by atoms with van der Waals surface area (Å²) in [5.74, 6) is 0.748. The van der Waals surface area contributed by atoms with Crippen LogP contribution in [0, 0.1) is 0 Å². The highest BCUT2D eigenvalue weighted by atomic mass is 35.5. The second kappa shape index (κ2) is 10.6. The molecule has 0 spiro atoms. The van der Waals surface area contributed by atoms with Gasteiger partial charge in [-0.1, -0.05) is 64.7 Å². The number of hydrogen-bond donors (Lipinski definition) is 1. The van der Waals surface area contributed by atoms with Gasteiger partial charge in [0.1, 0.15) is 0 Å². The minimum Gasteiger partial charge on any atom is -0.272 e. The zero-order valence-electron chi connectivity index (χ0n) is 14.8. The van der Waals surface area contributed by atoms with Gasteiger partial charge in [0.25, 0.3) is 5.91 Å². The van der Waals surface area contributed by atoms with Crippen molar-refractivity contribution < 1.29 is 4.79 Å². The van der Waals surface area contributed by atoms with Gasteiger partial charge in [-0.2, -0.15) is 5.10 Å². The van der Waals surface area contributed by atoms with Gasteiger partial charge >= 0.3 is 0 Å². The van der Waals surface area contributed by atoms with E-state index >= 15 is 0 Å². The Morgan fingerprint density at radius 1 is 1.14 bits per heavy atom. The summed E-state index contributed by atoms with van der Waals surface area (Å²) in [6.45, 7) is 1.83. The van der Waals surface area contributed by atoms with E-state index in [0.29, 0.717) is 0 Å². The number of benzene rings is 1. The predicted octanol–water partition coefficient (Wildman–Crippen LogP) is 4.51. The molecule has 0 radical (unpaired) electrons. The van der Waals surface area contributed by atoms with E-state index in [0.717, 1.165) is 36.3 Å². The molecule has 144 valence electrons. The molecule has 3 rings (SSSR count).